The van der Waals surface area contributed by atoms with E-state index < -0.39 is 17.4 Å². The summed E-state index contributed by atoms with van der Waals surface area (Å²) in [5.74, 6) is -2.52. The van der Waals surface area contributed by atoms with E-state index >= 15 is 0 Å². The highest BCUT2D eigenvalue weighted by molar-refractivity contribution is 5.98. The van der Waals surface area contributed by atoms with Crippen LogP contribution in [0, 0.1) is 17.0 Å². The van der Waals surface area contributed by atoms with Gasteiger partial charge in [-0.05, 0) is 25.0 Å². The molecule has 1 aliphatic carbocycles. The monoisotopic (exact) mass is 297 g/mol. The Morgan fingerprint density at radius 1 is 1.24 bits per heavy atom. The fourth-order valence-corrected chi connectivity index (χ4v) is 2.02. The van der Waals surface area contributed by atoms with E-state index in [1.807, 2.05) is 0 Å². The van der Waals surface area contributed by atoms with Gasteiger partial charge in [-0.3, -0.25) is 9.59 Å². The Bertz CT molecular complexity index is 556. The molecule has 1 fully saturated rings. The van der Waals surface area contributed by atoms with E-state index in [0.717, 1.165) is 25.0 Å². The lowest BCUT2D eigenvalue weighted by molar-refractivity contribution is -0.121. The van der Waals surface area contributed by atoms with Crippen LogP contribution in [0.5, 0.6) is 0 Å². The molecule has 1 aliphatic rings. The van der Waals surface area contributed by atoms with Crippen LogP contribution in [0.2, 0.25) is 0 Å². The first-order valence-corrected chi connectivity index (χ1v) is 6.82. The van der Waals surface area contributed by atoms with E-state index in [4.69, 9.17) is 5.11 Å². The summed E-state index contributed by atoms with van der Waals surface area (Å²) >= 11 is 0. The fourth-order valence-electron chi connectivity index (χ4n) is 2.02. The van der Waals surface area contributed by atoms with Gasteiger partial charge < -0.3 is 10.4 Å². The molecular formula is C15H17F2NO3. The van der Waals surface area contributed by atoms with Gasteiger partial charge in [0.15, 0.2) is 5.78 Å². The van der Waals surface area contributed by atoms with Crippen LogP contribution in [0.25, 0.3) is 0 Å². The molecule has 6 heteroatoms. The van der Waals surface area contributed by atoms with Crippen LogP contribution < -0.4 is 5.32 Å². The number of benzene rings is 1. The van der Waals surface area contributed by atoms with Gasteiger partial charge in [0, 0.05) is 30.9 Å². The van der Waals surface area contributed by atoms with Gasteiger partial charge in [-0.2, -0.15) is 0 Å². The third-order valence-corrected chi connectivity index (χ3v) is 3.76. The molecule has 114 valence electrons. The predicted octanol–water partition coefficient (Wildman–Crippen LogP) is 1.82. The standard InChI is InChI=1S/C15H17F2NO3/c16-10-1-2-11(12(17)7-10)13(20)3-4-14(21)18-8-15(9-19)5-6-15/h1-2,7,19H,3-6,8-9H2,(H,18,21). The maximum Gasteiger partial charge on any atom is 0.220 e. The Morgan fingerprint density at radius 2 is 1.95 bits per heavy atom. The number of nitrogens with one attached hydrogen (secondary N) is 1. The van der Waals surface area contributed by atoms with Crippen LogP contribution in [0.15, 0.2) is 18.2 Å². The maximum absolute atomic E-state index is 13.4. The molecule has 21 heavy (non-hydrogen) atoms. The first-order chi connectivity index (χ1) is 9.96. The Kier molecular flexibility index (Phi) is 4.67. The molecular weight excluding hydrogens is 280 g/mol. The van der Waals surface area contributed by atoms with Crippen LogP contribution in [0.3, 0.4) is 0 Å². The molecule has 0 aliphatic heterocycles. The highest BCUT2D eigenvalue weighted by Crippen LogP contribution is 2.44. The zero-order valence-corrected chi connectivity index (χ0v) is 11.5. The van der Waals surface area contributed by atoms with E-state index in [2.05, 4.69) is 5.32 Å². The summed E-state index contributed by atoms with van der Waals surface area (Å²) in [6.07, 6.45) is 1.56. The number of aliphatic hydroxyl groups is 1. The number of Topliss-reactive ketones (excluding diaryl/α,β-unsaturated/α-hetero) is 1. The molecule has 2 rings (SSSR count). The number of amides is 1. The zero-order chi connectivity index (χ0) is 15.5. The predicted molar refractivity (Wildman–Crippen MR) is 71.7 cm³/mol. The largest absolute Gasteiger partial charge is 0.396 e. The number of aliphatic hydroxyl groups excluding tert-OH is 1. The van der Waals surface area contributed by atoms with Gasteiger partial charge >= 0.3 is 0 Å². The summed E-state index contributed by atoms with van der Waals surface area (Å²) < 4.78 is 26.1. The van der Waals surface area contributed by atoms with Crippen LogP contribution in [0.4, 0.5) is 8.78 Å². The molecule has 0 heterocycles. The fraction of sp³-hybridized carbons (Fsp3) is 0.467. The van der Waals surface area contributed by atoms with Crippen LogP contribution >= 0.6 is 0 Å². The lowest BCUT2D eigenvalue weighted by Gasteiger charge is -2.12. The smallest absolute Gasteiger partial charge is 0.220 e. The number of hydrogen-bond acceptors (Lipinski definition) is 3. The molecule has 0 bridgehead atoms. The lowest BCUT2D eigenvalue weighted by atomic mass is 10.1. The number of carbonyl (C=O) groups excluding carboxylic acids is 2. The first kappa shape index (κ1) is 15.6. The Hall–Kier alpha value is -1.82. The van der Waals surface area contributed by atoms with Gasteiger partial charge in [0.1, 0.15) is 11.6 Å². The van der Waals surface area contributed by atoms with Crippen molar-refractivity contribution in [3.05, 3.63) is 35.4 Å². The van der Waals surface area contributed by atoms with Crippen LogP contribution in [-0.4, -0.2) is 29.9 Å². The van der Waals surface area contributed by atoms with Gasteiger partial charge in [0.05, 0.1) is 12.2 Å². The quantitative estimate of drug-likeness (QED) is 0.754. The molecule has 0 radical (unpaired) electrons. The van der Waals surface area contributed by atoms with Gasteiger partial charge in [-0.15, -0.1) is 0 Å². The van der Waals surface area contributed by atoms with Crippen molar-refractivity contribution in [3.8, 4) is 0 Å². The van der Waals surface area contributed by atoms with Crippen LogP contribution in [0.1, 0.15) is 36.0 Å². The average Bonchev–Trinajstić information content (AvgIpc) is 3.23. The second-order valence-corrected chi connectivity index (χ2v) is 5.48. The molecule has 2 N–H and O–H groups in total. The Balaban J connectivity index is 1.79. The van der Waals surface area contributed by atoms with Crippen LogP contribution in [-0.2, 0) is 4.79 Å². The normalized spacial score (nSPS) is 15.6. The second kappa shape index (κ2) is 6.30. The van der Waals surface area contributed by atoms with Gasteiger partial charge in [-0.1, -0.05) is 0 Å². The van der Waals surface area contributed by atoms with Gasteiger partial charge in [0.2, 0.25) is 5.91 Å². The first-order valence-electron chi connectivity index (χ1n) is 6.82. The summed E-state index contributed by atoms with van der Waals surface area (Å²) in [6.45, 7) is 0.425. The molecule has 1 saturated carbocycles. The molecule has 4 nitrogen and oxygen atoms in total. The third kappa shape index (κ3) is 4.07. The highest BCUT2D eigenvalue weighted by atomic mass is 19.1. The van der Waals surface area contributed by atoms with Gasteiger partial charge in [0.25, 0.3) is 0 Å². The molecule has 0 saturated heterocycles. The second-order valence-electron chi connectivity index (χ2n) is 5.48. The van der Waals surface area contributed by atoms with Crippen molar-refractivity contribution in [3.63, 3.8) is 0 Å². The number of ketones is 1. The highest BCUT2D eigenvalue weighted by Gasteiger charge is 2.41. The minimum atomic E-state index is -0.919. The molecule has 0 spiro atoms. The van der Waals surface area contributed by atoms with Crippen molar-refractivity contribution >= 4 is 11.7 Å². The van der Waals surface area contributed by atoms with E-state index in [-0.39, 0.29) is 36.3 Å². The Labute approximate surface area is 121 Å². The molecule has 0 atom stereocenters. The van der Waals surface area contributed by atoms with Crippen molar-refractivity contribution in [2.24, 2.45) is 5.41 Å². The van der Waals surface area contributed by atoms with E-state index in [0.29, 0.717) is 12.6 Å². The molecule has 0 unspecified atom stereocenters. The summed E-state index contributed by atoms with van der Waals surface area (Å²) in [5, 5.41) is 11.8. The maximum atomic E-state index is 13.4. The number of halogens is 2. The van der Waals surface area contributed by atoms with Crippen molar-refractivity contribution in [2.75, 3.05) is 13.2 Å². The van der Waals surface area contributed by atoms with E-state index in [9.17, 15) is 18.4 Å². The number of rotatable bonds is 7. The summed E-state index contributed by atoms with van der Waals surface area (Å²) in [7, 11) is 0. The lowest BCUT2D eigenvalue weighted by Crippen LogP contribution is -2.32. The molecule has 1 aromatic carbocycles. The SMILES string of the molecule is O=C(CCC(=O)c1ccc(F)cc1F)NCC1(CO)CC1. The minimum Gasteiger partial charge on any atom is -0.396 e. The van der Waals surface area contributed by atoms with Crippen molar-refractivity contribution in [1.29, 1.82) is 0 Å². The molecule has 1 amide bonds. The molecule has 1 aromatic rings. The van der Waals surface area contributed by atoms with E-state index in [1.54, 1.807) is 0 Å². The van der Waals surface area contributed by atoms with E-state index in [1.165, 1.54) is 0 Å². The number of hydrogen-bond donors (Lipinski definition) is 2. The third-order valence-electron chi connectivity index (χ3n) is 3.76. The van der Waals surface area contributed by atoms with Crippen molar-refractivity contribution in [1.82, 2.24) is 5.32 Å². The topological polar surface area (TPSA) is 66.4 Å². The zero-order valence-electron chi connectivity index (χ0n) is 11.5. The summed E-state index contributed by atoms with van der Waals surface area (Å²) in [5.41, 5.74) is -0.402. The average molecular weight is 297 g/mol. The summed E-state index contributed by atoms with van der Waals surface area (Å²) in [4.78, 5) is 23.4. The minimum absolute atomic E-state index is 0.0347. The van der Waals surface area contributed by atoms with Crippen molar-refractivity contribution < 1.29 is 23.5 Å². The summed E-state index contributed by atoms with van der Waals surface area (Å²) in [6, 6.07) is 2.73. The van der Waals surface area contributed by atoms with Gasteiger partial charge in [-0.25, -0.2) is 8.78 Å². The Morgan fingerprint density at radius 3 is 2.52 bits per heavy atom. The molecule has 0 aromatic heterocycles. The van der Waals surface area contributed by atoms with Crippen molar-refractivity contribution in [2.45, 2.75) is 25.7 Å². The number of carbonyl (C=O) groups is 2.